The summed E-state index contributed by atoms with van der Waals surface area (Å²) in [5.41, 5.74) is 4.08. The van der Waals surface area contributed by atoms with Crippen LogP contribution in [0.3, 0.4) is 0 Å². The fraction of sp³-hybridized carbons (Fsp3) is 0.647. The Balaban J connectivity index is 2.18. The second-order valence-corrected chi connectivity index (χ2v) is 6.89. The van der Waals surface area contributed by atoms with E-state index in [0.717, 1.165) is 11.5 Å². The van der Waals surface area contributed by atoms with Crippen LogP contribution in [0, 0.1) is 17.7 Å². The zero-order valence-corrected chi connectivity index (χ0v) is 12.8. The lowest BCUT2D eigenvalue weighted by Crippen LogP contribution is -2.53. The van der Waals surface area contributed by atoms with E-state index in [-0.39, 0.29) is 17.3 Å². The number of rotatable bonds is 4. The summed E-state index contributed by atoms with van der Waals surface area (Å²) in [6.07, 6.45) is 5.01. The van der Waals surface area contributed by atoms with Crippen LogP contribution in [-0.2, 0) is 5.41 Å². The third kappa shape index (κ3) is 3.21. The first-order valence-corrected chi connectivity index (χ1v) is 7.67. The van der Waals surface area contributed by atoms with E-state index >= 15 is 0 Å². The van der Waals surface area contributed by atoms with Gasteiger partial charge >= 0.3 is 0 Å². The summed E-state index contributed by atoms with van der Waals surface area (Å²) in [5.74, 6) is 7.11. The average molecular weight is 278 g/mol. The van der Waals surface area contributed by atoms with Crippen molar-refractivity contribution in [1.82, 2.24) is 5.43 Å². The summed E-state index contributed by atoms with van der Waals surface area (Å²) in [7, 11) is 0. The van der Waals surface area contributed by atoms with Crippen LogP contribution in [0.5, 0.6) is 0 Å². The van der Waals surface area contributed by atoms with Gasteiger partial charge in [0.25, 0.3) is 0 Å². The van der Waals surface area contributed by atoms with Crippen molar-refractivity contribution >= 4 is 0 Å². The molecule has 3 N–H and O–H groups in total. The molecule has 1 saturated carbocycles. The molecule has 0 bridgehead atoms. The van der Waals surface area contributed by atoms with Crippen molar-refractivity contribution in [2.75, 3.05) is 0 Å². The fourth-order valence-corrected chi connectivity index (χ4v) is 3.61. The standard InChI is InChI=1S/C17H27FN2/c1-12-4-6-13(7-5-12)16(20-19)17(2,3)14-8-10-15(18)11-9-14/h8-13,16,20H,4-7,19H2,1-3H3. The zero-order valence-electron chi connectivity index (χ0n) is 12.8. The Morgan fingerprint density at radius 1 is 1.15 bits per heavy atom. The quantitative estimate of drug-likeness (QED) is 0.650. The highest BCUT2D eigenvalue weighted by molar-refractivity contribution is 5.27. The summed E-state index contributed by atoms with van der Waals surface area (Å²) >= 11 is 0. The van der Waals surface area contributed by atoms with Crippen molar-refractivity contribution < 1.29 is 4.39 Å². The highest BCUT2D eigenvalue weighted by Gasteiger charge is 2.37. The van der Waals surface area contributed by atoms with Crippen LogP contribution in [0.15, 0.2) is 24.3 Å². The Bertz CT molecular complexity index is 419. The topological polar surface area (TPSA) is 38.0 Å². The highest BCUT2D eigenvalue weighted by Crippen LogP contribution is 2.38. The first-order valence-electron chi connectivity index (χ1n) is 7.67. The van der Waals surface area contributed by atoms with E-state index in [9.17, 15) is 4.39 Å². The second-order valence-electron chi connectivity index (χ2n) is 6.89. The van der Waals surface area contributed by atoms with Gasteiger partial charge in [-0.1, -0.05) is 45.7 Å². The molecule has 0 amide bonds. The Morgan fingerprint density at radius 3 is 2.20 bits per heavy atom. The van der Waals surface area contributed by atoms with Gasteiger partial charge in [-0.15, -0.1) is 0 Å². The molecule has 112 valence electrons. The van der Waals surface area contributed by atoms with E-state index < -0.39 is 0 Å². The van der Waals surface area contributed by atoms with Gasteiger partial charge in [0.05, 0.1) is 0 Å². The first-order chi connectivity index (χ1) is 9.45. The molecule has 1 fully saturated rings. The van der Waals surface area contributed by atoms with Crippen molar-refractivity contribution in [3.63, 3.8) is 0 Å². The summed E-state index contributed by atoms with van der Waals surface area (Å²) in [6.45, 7) is 6.72. The van der Waals surface area contributed by atoms with Crippen LogP contribution in [-0.4, -0.2) is 6.04 Å². The lowest BCUT2D eigenvalue weighted by molar-refractivity contribution is 0.176. The lowest BCUT2D eigenvalue weighted by Gasteiger charge is -2.42. The number of halogens is 1. The van der Waals surface area contributed by atoms with Gasteiger partial charge in [0.2, 0.25) is 0 Å². The third-order valence-corrected chi connectivity index (χ3v) is 5.08. The van der Waals surface area contributed by atoms with Gasteiger partial charge in [0, 0.05) is 11.5 Å². The molecule has 1 aliphatic rings. The molecule has 1 aliphatic carbocycles. The van der Waals surface area contributed by atoms with E-state index in [0.29, 0.717) is 5.92 Å². The third-order valence-electron chi connectivity index (χ3n) is 5.08. The molecule has 0 aliphatic heterocycles. The van der Waals surface area contributed by atoms with Crippen LogP contribution >= 0.6 is 0 Å². The summed E-state index contributed by atoms with van der Waals surface area (Å²) in [6, 6.07) is 7.05. The van der Waals surface area contributed by atoms with E-state index in [4.69, 9.17) is 5.84 Å². The molecule has 1 unspecified atom stereocenters. The molecule has 1 aromatic carbocycles. The van der Waals surface area contributed by atoms with Crippen LogP contribution in [0.4, 0.5) is 4.39 Å². The Hall–Kier alpha value is -0.930. The molecule has 0 aromatic heterocycles. The van der Waals surface area contributed by atoms with E-state index in [1.807, 2.05) is 12.1 Å². The number of nitrogens with two attached hydrogens (primary N) is 1. The van der Waals surface area contributed by atoms with Crippen LogP contribution in [0.2, 0.25) is 0 Å². The summed E-state index contributed by atoms with van der Waals surface area (Å²) in [4.78, 5) is 0. The monoisotopic (exact) mass is 278 g/mol. The summed E-state index contributed by atoms with van der Waals surface area (Å²) in [5, 5.41) is 0. The number of nitrogens with one attached hydrogen (secondary N) is 1. The van der Waals surface area contributed by atoms with Gasteiger partial charge in [0.1, 0.15) is 5.82 Å². The minimum Gasteiger partial charge on any atom is -0.271 e. The SMILES string of the molecule is CC1CCC(C(NN)C(C)(C)c2ccc(F)cc2)CC1. The maximum atomic E-state index is 13.1. The average Bonchev–Trinajstić information content (AvgIpc) is 2.42. The molecular formula is C17H27FN2. The molecule has 0 radical (unpaired) electrons. The van der Waals surface area contributed by atoms with Gasteiger partial charge in [-0.25, -0.2) is 4.39 Å². The van der Waals surface area contributed by atoms with Crippen molar-refractivity contribution in [3.8, 4) is 0 Å². The zero-order chi connectivity index (χ0) is 14.8. The molecule has 0 spiro atoms. The smallest absolute Gasteiger partial charge is 0.123 e. The predicted octanol–water partition coefficient (Wildman–Crippen LogP) is 3.76. The first kappa shape index (κ1) is 15.5. The minimum atomic E-state index is -0.187. The predicted molar refractivity (Wildman–Crippen MR) is 81.7 cm³/mol. The molecule has 0 heterocycles. The normalized spacial score (nSPS) is 25.4. The molecule has 20 heavy (non-hydrogen) atoms. The molecular weight excluding hydrogens is 251 g/mol. The molecule has 2 nitrogen and oxygen atoms in total. The van der Waals surface area contributed by atoms with E-state index in [1.54, 1.807) is 0 Å². The molecule has 2 rings (SSSR count). The van der Waals surface area contributed by atoms with Gasteiger partial charge in [-0.2, -0.15) is 0 Å². The van der Waals surface area contributed by atoms with Crippen molar-refractivity contribution in [3.05, 3.63) is 35.6 Å². The van der Waals surface area contributed by atoms with Gasteiger partial charge < -0.3 is 0 Å². The van der Waals surface area contributed by atoms with Crippen molar-refractivity contribution in [1.29, 1.82) is 0 Å². The van der Waals surface area contributed by atoms with Crippen molar-refractivity contribution in [2.45, 2.75) is 57.9 Å². The fourth-order valence-electron chi connectivity index (χ4n) is 3.61. The number of hydrogen-bond acceptors (Lipinski definition) is 2. The maximum Gasteiger partial charge on any atom is 0.123 e. The van der Waals surface area contributed by atoms with Crippen molar-refractivity contribution in [2.24, 2.45) is 17.7 Å². The Labute approximate surface area is 121 Å². The number of hydrazine groups is 1. The summed E-state index contributed by atoms with van der Waals surface area (Å²) < 4.78 is 13.1. The van der Waals surface area contributed by atoms with Crippen LogP contribution < -0.4 is 11.3 Å². The highest BCUT2D eigenvalue weighted by atomic mass is 19.1. The van der Waals surface area contributed by atoms with Gasteiger partial charge in [-0.05, 0) is 42.4 Å². The van der Waals surface area contributed by atoms with Gasteiger partial charge in [-0.3, -0.25) is 11.3 Å². The molecule has 1 aromatic rings. The molecule has 1 atom stereocenters. The van der Waals surface area contributed by atoms with E-state index in [2.05, 4.69) is 26.2 Å². The maximum absolute atomic E-state index is 13.1. The lowest BCUT2D eigenvalue weighted by atomic mass is 9.68. The van der Waals surface area contributed by atoms with Crippen LogP contribution in [0.25, 0.3) is 0 Å². The molecule has 0 saturated heterocycles. The minimum absolute atomic E-state index is 0.103. The Morgan fingerprint density at radius 2 is 1.70 bits per heavy atom. The van der Waals surface area contributed by atoms with E-state index in [1.165, 1.54) is 37.8 Å². The second kappa shape index (κ2) is 6.23. The Kier molecular flexibility index (Phi) is 4.82. The number of hydrogen-bond donors (Lipinski definition) is 2. The largest absolute Gasteiger partial charge is 0.271 e. The molecule has 3 heteroatoms. The van der Waals surface area contributed by atoms with Crippen LogP contribution in [0.1, 0.15) is 52.0 Å². The van der Waals surface area contributed by atoms with Gasteiger partial charge in [0.15, 0.2) is 0 Å². The number of benzene rings is 1.